The predicted molar refractivity (Wildman–Crippen MR) is 73.0 cm³/mol. The number of nitrogens with two attached hydrogens (primary N) is 1. The summed E-state index contributed by atoms with van der Waals surface area (Å²) >= 11 is 0. The molecule has 4 N–H and O–H groups in total. The molecule has 1 aromatic rings. The van der Waals surface area contributed by atoms with Crippen LogP contribution in [0.3, 0.4) is 0 Å². The van der Waals surface area contributed by atoms with E-state index in [4.69, 9.17) is 5.84 Å². The van der Waals surface area contributed by atoms with Crippen molar-refractivity contribution in [2.75, 3.05) is 17.4 Å². The maximum atomic E-state index is 12.0. The van der Waals surface area contributed by atoms with Crippen molar-refractivity contribution in [3.05, 3.63) is 24.3 Å². The summed E-state index contributed by atoms with van der Waals surface area (Å²) in [6.07, 6.45) is 1.53. The number of hydrogen-bond donors (Lipinski definition) is 3. The number of nitrogen functional groups attached to an aromatic ring is 1. The molecule has 0 heterocycles. The van der Waals surface area contributed by atoms with E-state index in [1.54, 1.807) is 19.1 Å². The topological polar surface area (TPSA) is 101 Å². The SMILES string of the molecule is CC(CS(C)=O)NS(=O)(=O)c1ccc(NN)cc1. The van der Waals surface area contributed by atoms with Gasteiger partial charge in [0.05, 0.1) is 4.90 Å². The summed E-state index contributed by atoms with van der Waals surface area (Å²) in [5.74, 6) is 5.48. The normalized spacial score (nSPS) is 15.1. The lowest BCUT2D eigenvalue weighted by molar-refractivity contribution is 0.570. The predicted octanol–water partition coefficient (Wildman–Crippen LogP) is 0.0175. The standard InChI is InChI=1S/C10H17N3O3S2/c1-8(7-17(2)14)13-18(15,16)10-5-3-9(12-11)4-6-10/h3-6,8,12-13H,7,11H2,1-2H3. The molecule has 18 heavy (non-hydrogen) atoms. The second kappa shape index (κ2) is 6.28. The van der Waals surface area contributed by atoms with Crippen LogP contribution in [0.15, 0.2) is 29.2 Å². The van der Waals surface area contributed by atoms with Crippen molar-refractivity contribution in [1.29, 1.82) is 0 Å². The minimum Gasteiger partial charge on any atom is -0.324 e. The van der Waals surface area contributed by atoms with Gasteiger partial charge in [-0.05, 0) is 31.2 Å². The highest BCUT2D eigenvalue weighted by Crippen LogP contribution is 2.13. The van der Waals surface area contributed by atoms with Gasteiger partial charge in [-0.3, -0.25) is 10.1 Å². The van der Waals surface area contributed by atoms with Gasteiger partial charge in [-0.2, -0.15) is 0 Å². The van der Waals surface area contributed by atoms with Crippen LogP contribution in [0.5, 0.6) is 0 Å². The zero-order valence-electron chi connectivity index (χ0n) is 10.2. The second-order valence-electron chi connectivity index (χ2n) is 3.93. The molecule has 8 heteroatoms. The van der Waals surface area contributed by atoms with E-state index in [9.17, 15) is 12.6 Å². The molecule has 1 aromatic carbocycles. The van der Waals surface area contributed by atoms with E-state index in [1.807, 2.05) is 0 Å². The average Bonchev–Trinajstić information content (AvgIpc) is 2.27. The Bertz CT molecular complexity index is 514. The van der Waals surface area contributed by atoms with E-state index >= 15 is 0 Å². The van der Waals surface area contributed by atoms with E-state index in [1.165, 1.54) is 18.4 Å². The number of benzene rings is 1. The van der Waals surface area contributed by atoms with Crippen molar-refractivity contribution in [3.8, 4) is 0 Å². The van der Waals surface area contributed by atoms with E-state index in [0.29, 0.717) is 5.69 Å². The Morgan fingerprint density at radius 1 is 1.33 bits per heavy atom. The molecule has 0 fully saturated rings. The molecule has 0 radical (unpaired) electrons. The van der Waals surface area contributed by atoms with Gasteiger partial charge in [0.2, 0.25) is 10.0 Å². The fourth-order valence-electron chi connectivity index (χ4n) is 1.45. The molecule has 102 valence electrons. The Morgan fingerprint density at radius 3 is 2.33 bits per heavy atom. The quantitative estimate of drug-likeness (QED) is 0.506. The van der Waals surface area contributed by atoms with Crippen LogP contribution in [0.4, 0.5) is 5.69 Å². The summed E-state index contributed by atoms with van der Waals surface area (Å²) in [4.78, 5) is 0.148. The van der Waals surface area contributed by atoms with Gasteiger partial charge in [-0.1, -0.05) is 0 Å². The first-order valence-corrected chi connectivity index (χ1v) is 8.45. The zero-order chi connectivity index (χ0) is 13.8. The van der Waals surface area contributed by atoms with E-state index in [2.05, 4.69) is 10.1 Å². The van der Waals surface area contributed by atoms with Crippen LogP contribution in [-0.4, -0.2) is 30.7 Å². The highest BCUT2D eigenvalue weighted by atomic mass is 32.2. The van der Waals surface area contributed by atoms with Crippen molar-refractivity contribution >= 4 is 26.5 Å². The molecule has 0 aliphatic heterocycles. The molecule has 0 aliphatic rings. The first kappa shape index (κ1) is 15.1. The van der Waals surface area contributed by atoms with Crippen molar-refractivity contribution in [2.45, 2.75) is 17.9 Å². The van der Waals surface area contributed by atoms with Crippen LogP contribution in [0.1, 0.15) is 6.92 Å². The Balaban J connectivity index is 2.82. The van der Waals surface area contributed by atoms with Gasteiger partial charge in [-0.25, -0.2) is 13.1 Å². The molecule has 2 unspecified atom stereocenters. The summed E-state index contributed by atoms with van der Waals surface area (Å²) in [7, 11) is -4.63. The molecule has 0 saturated heterocycles. The molecule has 1 rings (SSSR count). The van der Waals surface area contributed by atoms with E-state index < -0.39 is 20.8 Å². The van der Waals surface area contributed by atoms with Crippen LogP contribution >= 0.6 is 0 Å². The highest BCUT2D eigenvalue weighted by molar-refractivity contribution is 7.89. The molecular weight excluding hydrogens is 274 g/mol. The second-order valence-corrected chi connectivity index (χ2v) is 7.12. The molecule has 0 bridgehead atoms. The average molecular weight is 291 g/mol. The third-order valence-corrected chi connectivity index (χ3v) is 4.75. The van der Waals surface area contributed by atoms with Gasteiger partial charge < -0.3 is 5.43 Å². The summed E-state index contributed by atoms with van der Waals surface area (Å²) in [6.45, 7) is 1.68. The molecular formula is C10H17N3O3S2. The molecule has 0 saturated carbocycles. The van der Waals surface area contributed by atoms with Crippen LogP contribution in [0.25, 0.3) is 0 Å². The lowest BCUT2D eigenvalue weighted by Gasteiger charge is -2.13. The maximum Gasteiger partial charge on any atom is 0.240 e. The van der Waals surface area contributed by atoms with E-state index in [0.717, 1.165) is 0 Å². The summed E-state index contributed by atoms with van der Waals surface area (Å²) in [6, 6.07) is 5.66. The molecule has 6 nitrogen and oxygen atoms in total. The summed E-state index contributed by atoms with van der Waals surface area (Å²) in [5.41, 5.74) is 3.04. The Kier molecular flexibility index (Phi) is 5.27. The Labute approximate surface area is 109 Å². The number of anilines is 1. The molecule has 0 aromatic heterocycles. The van der Waals surface area contributed by atoms with Crippen molar-refractivity contribution < 1.29 is 12.6 Å². The van der Waals surface area contributed by atoms with E-state index in [-0.39, 0.29) is 16.7 Å². The number of nitrogens with one attached hydrogen (secondary N) is 2. The fourth-order valence-corrected chi connectivity index (χ4v) is 3.59. The third kappa shape index (κ3) is 4.37. The number of rotatable bonds is 6. The molecule has 0 spiro atoms. The Morgan fingerprint density at radius 2 is 1.89 bits per heavy atom. The number of hydrogen-bond acceptors (Lipinski definition) is 5. The summed E-state index contributed by atoms with van der Waals surface area (Å²) < 4.78 is 37.4. The lowest BCUT2D eigenvalue weighted by atomic mass is 10.3. The smallest absolute Gasteiger partial charge is 0.240 e. The van der Waals surface area contributed by atoms with Crippen molar-refractivity contribution in [2.24, 2.45) is 5.84 Å². The molecule has 2 atom stereocenters. The summed E-state index contributed by atoms with van der Waals surface area (Å²) in [5, 5.41) is 0. The monoisotopic (exact) mass is 291 g/mol. The minimum absolute atomic E-state index is 0.148. The first-order valence-electron chi connectivity index (χ1n) is 5.24. The van der Waals surface area contributed by atoms with Gasteiger partial charge in [0.15, 0.2) is 0 Å². The van der Waals surface area contributed by atoms with Crippen LogP contribution < -0.4 is 16.0 Å². The fraction of sp³-hybridized carbons (Fsp3) is 0.400. The van der Waals surface area contributed by atoms with Gasteiger partial charge in [0.1, 0.15) is 0 Å². The number of hydrazine groups is 1. The maximum absolute atomic E-state index is 12.0. The van der Waals surface area contributed by atoms with Gasteiger partial charge in [0, 0.05) is 34.5 Å². The lowest BCUT2D eigenvalue weighted by Crippen LogP contribution is -2.36. The minimum atomic E-state index is -3.58. The van der Waals surface area contributed by atoms with Crippen LogP contribution in [0.2, 0.25) is 0 Å². The first-order chi connectivity index (χ1) is 8.35. The zero-order valence-corrected chi connectivity index (χ0v) is 11.8. The van der Waals surface area contributed by atoms with Crippen molar-refractivity contribution in [3.63, 3.8) is 0 Å². The van der Waals surface area contributed by atoms with Crippen LogP contribution in [0, 0.1) is 0 Å². The Hall–Kier alpha value is -0.960. The highest BCUT2D eigenvalue weighted by Gasteiger charge is 2.17. The van der Waals surface area contributed by atoms with Gasteiger partial charge in [0.25, 0.3) is 0 Å². The number of sulfonamides is 1. The molecule has 0 amide bonds. The van der Waals surface area contributed by atoms with Crippen LogP contribution in [-0.2, 0) is 20.8 Å². The third-order valence-electron chi connectivity index (χ3n) is 2.17. The van der Waals surface area contributed by atoms with Gasteiger partial charge in [-0.15, -0.1) is 0 Å². The molecule has 0 aliphatic carbocycles. The van der Waals surface area contributed by atoms with Crippen molar-refractivity contribution in [1.82, 2.24) is 4.72 Å². The largest absolute Gasteiger partial charge is 0.324 e. The van der Waals surface area contributed by atoms with Gasteiger partial charge >= 0.3 is 0 Å².